The molecule has 2 aromatic rings. The molecule has 2 heteroatoms. The van der Waals surface area contributed by atoms with E-state index < -0.39 is 0 Å². The lowest BCUT2D eigenvalue weighted by molar-refractivity contribution is 1.19. The highest BCUT2D eigenvalue weighted by atomic mass is 79.9. The molecule has 70 valence electrons. The number of aromatic nitrogens is 1. The Morgan fingerprint density at radius 3 is 2.50 bits per heavy atom. The van der Waals surface area contributed by atoms with Gasteiger partial charge in [-0.1, -0.05) is 52.3 Å². The monoisotopic (exact) mass is 247 g/mol. The van der Waals surface area contributed by atoms with Crippen molar-refractivity contribution >= 4 is 15.9 Å². The highest BCUT2D eigenvalue weighted by Gasteiger charge is 2.02. The Kier molecular flexibility index (Phi) is 2.94. The second kappa shape index (κ2) is 4.38. The Balaban J connectivity index is 2.51. The molecule has 0 N–H and O–H groups in total. The molecule has 0 aliphatic rings. The van der Waals surface area contributed by atoms with Crippen LogP contribution in [0.3, 0.4) is 0 Å². The highest BCUT2D eigenvalue weighted by Crippen LogP contribution is 2.22. The third-order valence-corrected chi connectivity index (χ3v) is 2.63. The van der Waals surface area contributed by atoms with Crippen LogP contribution in [0.1, 0.15) is 5.69 Å². The summed E-state index contributed by atoms with van der Waals surface area (Å²) in [5, 5.41) is 0.790. The number of benzene rings is 1. The number of hydrogen-bond donors (Lipinski definition) is 0. The van der Waals surface area contributed by atoms with Crippen molar-refractivity contribution in [2.75, 3.05) is 0 Å². The average Bonchev–Trinajstić information content (AvgIpc) is 2.30. The van der Waals surface area contributed by atoms with E-state index in [1.165, 1.54) is 11.1 Å². The van der Waals surface area contributed by atoms with Gasteiger partial charge in [-0.2, -0.15) is 0 Å². The summed E-state index contributed by atoms with van der Waals surface area (Å²) in [7, 11) is 0. The maximum atomic E-state index is 4.33. The van der Waals surface area contributed by atoms with Crippen LogP contribution in [0.25, 0.3) is 11.1 Å². The van der Waals surface area contributed by atoms with Crippen molar-refractivity contribution < 1.29 is 0 Å². The van der Waals surface area contributed by atoms with Gasteiger partial charge in [-0.05, 0) is 11.6 Å². The Bertz CT molecular complexity index is 412. The molecule has 0 saturated heterocycles. The topological polar surface area (TPSA) is 12.9 Å². The van der Waals surface area contributed by atoms with Crippen molar-refractivity contribution in [1.29, 1.82) is 0 Å². The van der Waals surface area contributed by atoms with Gasteiger partial charge in [0.05, 0.1) is 5.69 Å². The van der Waals surface area contributed by atoms with Crippen LogP contribution in [-0.4, -0.2) is 4.98 Å². The van der Waals surface area contributed by atoms with E-state index in [0.717, 1.165) is 11.0 Å². The fourth-order valence-electron chi connectivity index (χ4n) is 1.43. The number of nitrogens with zero attached hydrogens (tertiary/aromatic N) is 1. The standard InChI is InChI=1S/C12H10BrN/c13-9-12-11(7-4-8-14-12)10-5-2-1-3-6-10/h1-8H,9H2. The minimum Gasteiger partial charge on any atom is -0.260 e. The number of halogens is 1. The lowest BCUT2D eigenvalue weighted by atomic mass is 10.1. The number of alkyl halides is 1. The summed E-state index contributed by atoms with van der Waals surface area (Å²) >= 11 is 3.44. The molecule has 2 rings (SSSR count). The van der Waals surface area contributed by atoms with E-state index in [9.17, 15) is 0 Å². The summed E-state index contributed by atoms with van der Waals surface area (Å²) in [5.41, 5.74) is 3.50. The predicted octanol–water partition coefficient (Wildman–Crippen LogP) is 3.64. The first-order chi connectivity index (χ1) is 6.92. The molecule has 0 radical (unpaired) electrons. The lowest BCUT2D eigenvalue weighted by Gasteiger charge is -2.05. The van der Waals surface area contributed by atoms with E-state index >= 15 is 0 Å². The SMILES string of the molecule is BrCc1ncccc1-c1ccccc1. The summed E-state index contributed by atoms with van der Waals surface area (Å²) < 4.78 is 0. The molecule has 0 atom stereocenters. The molecule has 0 aliphatic heterocycles. The smallest absolute Gasteiger partial charge is 0.0587 e. The van der Waals surface area contributed by atoms with Crippen molar-refractivity contribution in [2.45, 2.75) is 5.33 Å². The zero-order valence-corrected chi connectivity index (χ0v) is 9.24. The third-order valence-electron chi connectivity index (χ3n) is 2.10. The minimum absolute atomic E-state index is 0.790. The molecule has 0 aliphatic carbocycles. The zero-order valence-electron chi connectivity index (χ0n) is 7.65. The Morgan fingerprint density at radius 1 is 1.00 bits per heavy atom. The number of rotatable bonds is 2. The van der Waals surface area contributed by atoms with E-state index in [4.69, 9.17) is 0 Å². The van der Waals surface area contributed by atoms with Crippen LogP contribution < -0.4 is 0 Å². The van der Waals surface area contributed by atoms with Crippen LogP contribution in [0.2, 0.25) is 0 Å². The third kappa shape index (κ3) is 1.85. The minimum atomic E-state index is 0.790. The normalized spacial score (nSPS) is 10.1. The Morgan fingerprint density at radius 2 is 1.79 bits per heavy atom. The lowest BCUT2D eigenvalue weighted by Crippen LogP contribution is -1.89. The maximum absolute atomic E-state index is 4.33. The van der Waals surface area contributed by atoms with Gasteiger partial charge in [0.25, 0.3) is 0 Å². The summed E-state index contributed by atoms with van der Waals surface area (Å²) in [5.74, 6) is 0. The highest BCUT2D eigenvalue weighted by molar-refractivity contribution is 9.08. The quantitative estimate of drug-likeness (QED) is 0.739. The molecule has 0 spiro atoms. The van der Waals surface area contributed by atoms with Crippen LogP contribution in [0.4, 0.5) is 0 Å². The van der Waals surface area contributed by atoms with E-state index in [0.29, 0.717) is 0 Å². The fourth-order valence-corrected chi connectivity index (χ4v) is 1.87. The van der Waals surface area contributed by atoms with E-state index in [2.05, 4.69) is 39.1 Å². The van der Waals surface area contributed by atoms with E-state index in [1.54, 1.807) is 0 Å². The van der Waals surface area contributed by atoms with Crippen LogP contribution in [0.5, 0.6) is 0 Å². The predicted molar refractivity (Wildman–Crippen MR) is 62.3 cm³/mol. The molecule has 0 bridgehead atoms. The number of hydrogen-bond acceptors (Lipinski definition) is 1. The van der Waals surface area contributed by atoms with Gasteiger partial charge < -0.3 is 0 Å². The molecule has 0 unspecified atom stereocenters. The van der Waals surface area contributed by atoms with Gasteiger partial charge in [-0.25, -0.2) is 0 Å². The molecule has 0 saturated carbocycles. The molecule has 1 aromatic carbocycles. The van der Waals surface area contributed by atoms with Gasteiger partial charge >= 0.3 is 0 Å². The van der Waals surface area contributed by atoms with Crippen LogP contribution >= 0.6 is 15.9 Å². The van der Waals surface area contributed by atoms with Gasteiger partial charge in [-0.3, -0.25) is 4.98 Å². The van der Waals surface area contributed by atoms with Crippen LogP contribution in [0, 0.1) is 0 Å². The molecule has 1 aromatic heterocycles. The van der Waals surface area contributed by atoms with Crippen LogP contribution in [0.15, 0.2) is 48.7 Å². The van der Waals surface area contributed by atoms with E-state index in [-0.39, 0.29) is 0 Å². The Hall–Kier alpha value is -1.15. The first-order valence-electron chi connectivity index (χ1n) is 4.47. The van der Waals surface area contributed by atoms with Gasteiger partial charge in [0.2, 0.25) is 0 Å². The molecule has 0 amide bonds. The molecule has 1 heterocycles. The van der Waals surface area contributed by atoms with Crippen molar-refractivity contribution in [2.24, 2.45) is 0 Å². The second-order valence-electron chi connectivity index (χ2n) is 3.00. The number of pyridine rings is 1. The maximum Gasteiger partial charge on any atom is 0.0587 e. The molecular weight excluding hydrogens is 238 g/mol. The summed E-state index contributed by atoms with van der Waals surface area (Å²) in [6.07, 6.45) is 1.82. The summed E-state index contributed by atoms with van der Waals surface area (Å²) in [4.78, 5) is 4.33. The zero-order chi connectivity index (χ0) is 9.80. The van der Waals surface area contributed by atoms with Crippen molar-refractivity contribution in [3.05, 3.63) is 54.4 Å². The first-order valence-corrected chi connectivity index (χ1v) is 5.59. The first kappa shape index (κ1) is 9.41. The van der Waals surface area contributed by atoms with Crippen molar-refractivity contribution in [1.82, 2.24) is 4.98 Å². The summed E-state index contributed by atoms with van der Waals surface area (Å²) in [6, 6.07) is 14.4. The largest absolute Gasteiger partial charge is 0.260 e. The molecule has 1 nitrogen and oxygen atoms in total. The fraction of sp³-hybridized carbons (Fsp3) is 0.0833. The van der Waals surface area contributed by atoms with Crippen LogP contribution in [-0.2, 0) is 5.33 Å². The van der Waals surface area contributed by atoms with Gasteiger partial charge in [-0.15, -0.1) is 0 Å². The van der Waals surface area contributed by atoms with Crippen molar-refractivity contribution in [3.63, 3.8) is 0 Å². The van der Waals surface area contributed by atoms with E-state index in [1.807, 2.05) is 30.5 Å². The molecular formula is C12H10BrN. The average molecular weight is 248 g/mol. The summed E-state index contributed by atoms with van der Waals surface area (Å²) in [6.45, 7) is 0. The van der Waals surface area contributed by atoms with Gasteiger partial charge in [0.1, 0.15) is 0 Å². The van der Waals surface area contributed by atoms with Gasteiger partial charge in [0, 0.05) is 17.1 Å². The molecule has 14 heavy (non-hydrogen) atoms. The second-order valence-corrected chi connectivity index (χ2v) is 3.56. The Labute approximate surface area is 91.9 Å². The molecule has 0 fully saturated rings. The van der Waals surface area contributed by atoms with Crippen molar-refractivity contribution in [3.8, 4) is 11.1 Å². The van der Waals surface area contributed by atoms with Gasteiger partial charge in [0.15, 0.2) is 0 Å².